The summed E-state index contributed by atoms with van der Waals surface area (Å²) < 4.78 is 0. The molecule has 0 aliphatic heterocycles. The van der Waals surface area contributed by atoms with E-state index in [1.54, 1.807) is 42.5 Å². The molecule has 0 saturated carbocycles. The van der Waals surface area contributed by atoms with E-state index in [2.05, 4.69) is 29.8 Å². The molecule has 0 radical (unpaired) electrons. The second-order valence-corrected chi connectivity index (χ2v) is 10.9. The van der Waals surface area contributed by atoms with Crippen molar-refractivity contribution in [2.45, 2.75) is 31.6 Å². The summed E-state index contributed by atoms with van der Waals surface area (Å²) in [5, 5.41) is 8.54. The van der Waals surface area contributed by atoms with Crippen LogP contribution in [-0.2, 0) is 9.59 Å². The van der Waals surface area contributed by atoms with Crippen molar-refractivity contribution in [3.8, 4) is 0 Å². The third-order valence-corrected chi connectivity index (χ3v) is 7.24. The Kier molecular flexibility index (Phi) is 10.1. The van der Waals surface area contributed by atoms with Crippen LogP contribution in [0.15, 0.2) is 114 Å². The topological polar surface area (TPSA) is 87.3 Å². The van der Waals surface area contributed by atoms with Crippen molar-refractivity contribution < 1.29 is 14.4 Å². The highest BCUT2D eigenvalue weighted by Gasteiger charge is 2.15. The van der Waals surface area contributed by atoms with Gasteiger partial charge in [0.05, 0.1) is 5.75 Å². The maximum Gasteiger partial charge on any atom is 0.272 e. The van der Waals surface area contributed by atoms with Crippen LogP contribution in [0.25, 0.3) is 6.08 Å². The van der Waals surface area contributed by atoms with Crippen LogP contribution in [0.1, 0.15) is 46.8 Å². The Labute approximate surface area is 245 Å². The van der Waals surface area contributed by atoms with E-state index in [0.29, 0.717) is 17.2 Å². The molecular formula is C34H33N3O3S. The van der Waals surface area contributed by atoms with Crippen LogP contribution in [0.2, 0.25) is 0 Å². The molecule has 0 unspecified atom stereocenters. The van der Waals surface area contributed by atoms with Gasteiger partial charge in [-0.15, -0.1) is 11.8 Å². The SMILES string of the molecule is Cc1cccc(/C=C(\NC(=O)c2ccccc2)C(=O)Nc2ccc(SCC(=O)Nc3ccc(C(C)C)cc3)cc2)c1. The first kappa shape index (κ1) is 29.4. The summed E-state index contributed by atoms with van der Waals surface area (Å²) in [6.45, 7) is 6.23. The van der Waals surface area contributed by atoms with Crippen molar-refractivity contribution in [1.82, 2.24) is 5.32 Å². The average molecular weight is 564 g/mol. The van der Waals surface area contributed by atoms with Crippen LogP contribution >= 0.6 is 11.8 Å². The second kappa shape index (κ2) is 14.1. The van der Waals surface area contributed by atoms with Gasteiger partial charge in [-0.05, 0) is 78.6 Å². The highest BCUT2D eigenvalue weighted by Crippen LogP contribution is 2.22. The molecule has 41 heavy (non-hydrogen) atoms. The molecule has 0 fully saturated rings. The van der Waals surface area contributed by atoms with Crippen molar-refractivity contribution in [3.05, 3.63) is 131 Å². The van der Waals surface area contributed by atoms with E-state index in [-0.39, 0.29) is 23.3 Å². The highest BCUT2D eigenvalue weighted by molar-refractivity contribution is 8.00. The third-order valence-electron chi connectivity index (χ3n) is 6.23. The Hall–Kier alpha value is -4.62. The molecule has 0 saturated heterocycles. The lowest BCUT2D eigenvalue weighted by molar-refractivity contribution is -0.114. The molecule has 7 heteroatoms. The standard InChI is InChI=1S/C34H33N3O3S/c1-23(2)26-12-14-28(15-13-26)35-32(38)22-41-30-18-16-29(17-19-30)36-34(40)31(21-25-9-7-8-24(3)20-25)37-33(39)27-10-5-4-6-11-27/h4-21,23H,22H2,1-3H3,(H,35,38)(H,36,40)(H,37,39)/b31-21-. The molecule has 0 aliphatic rings. The molecule has 6 nitrogen and oxygen atoms in total. The minimum absolute atomic E-state index is 0.0928. The van der Waals surface area contributed by atoms with Crippen LogP contribution in [0.3, 0.4) is 0 Å². The number of anilines is 2. The zero-order chi connectivity index (χ0) is 29.2. The van der Waals surface area contributed by atoms with Crippen LogP contribution in [0, 0.1) is 6.92 Å². The van der Waals surface area contributed by atoms with Gasteiger partial charge in [0.1, 0.15) is 5.70 Å². The Morgan fingerprint density at radius 1 is 0.780 bits per heavy atom. The molecule has 0 heterocycles. The summed E-state index contributed by atoms with van der Waals surface area (Å²) >= 11 is 1.41. The molecule has 3 N–H and O–H groups in total. The first-order chi connectivity index (χ1) is 19.8. The van der Waals surface area contributed by atoms with Crippen LogP contribution in [0.5, 0.6) is 0 Å². The number of amides is 3. The number of rotatable bonds is 10. The zero-order valence-corrected chi connectivity index (χ0v) is 24.1. The average Bonchev–Trinajstić information content (AvgIpc) is 2.97. The quantitative estimate of drug-likeness (QED) is 0.140. The first-order valence-electron chi connectivity index (χ1n) is 13.4. The number of carbonyl (C=O) groups excluding carboxylic acids is 3. The molecule has 0 atom stereocenters. The number of carbonyl (C=O) groups is 3. The molecule has 4 aromatic carbocycles. The Balaban J connectivity index is 1.38. The first-order valence-corrected chi connectivity index (χ1v) is 14.3. The maximum atomic E-state index is 13.2. The molecule has 0 aromatic heterocycles. The molecule has 4 rings (SSSR count). The molecular weight excluding hydrogens is 530 g/mol. The van der Waals surface area contributed by atoms with Crippen LogP contribution < -0.4 is 16.0 Å². The number of thioether (sulfide) groups is 1. The lowest BCUT2D eigenvalue weighted by Gasteiger charge is -2.12. The normalized spacial score (nSPS) is 11.2. The van der Waals surface area contributed by atoms with Crippen LogP contribution in [-0.4, -0.2) is 23.5 Å². The fourth-order valence-corrected chi connectivity index (χ4v) is 4.70. The number of nitrogens with one attached hydrogen (secondary N) is 3. The van der Waals surface area contributed by atoms with Gasteiger partial charge in [0, 0.05) is 21.8 Å². The fourth-order valence-electron chi connectivity index (χ4n) is 4.00. The van der Waals surface area contributed by atoms with Gasteiger partial charge in [-0.25, -0.2) is 0 Å². The van der Waals surface area contributed by atoms with Gasteiger partial charge in [0.15, 0.2) is 0 Å². The van der Waals surface area contributed by atoms with Gasteiger partial charge >= 0.3 is 0 Å². The molecule has 3 amide bonds. The van der Waals surface area contributed by atoms with E-state index >= 15 is 0 Å². The van der Waals surface area contributed by atoms with E-state index < -0.39 is 5.91 Å². The van der Waals surface area contributed by atoms with Gasteiger partial charge in [0.25, 0.3) is 11.8 Å². The number of hydrogen-bond donors (Lipinski definition) is 3. The van der Waals surface area contributed by atoms with Crippen LogP contribution in [0.4, 0.5) is 11.4 Å². The summed E-state index contributed by atoms with van der Waals surface area (Å²) in [6.07, 6.45) is 1.66. The summed E-state index contributed by atoms with van der Waals surface area (Å²) in [7, 11) is 0. The van der Waals surface area contributed by atoms with E-state index in [4.69, 9.17) is 0 Å². The van der Waals surface area contributed by atoms with Gasteiger partial charge in [0.2, 0.25) is 5.91 Å². The van der Waals surface area contributed by atoms with Crippen molar-refractivity contribution in [1.29, 1.82) is 0 Å². The van der Waals surface area contributed by atoms with Crippen molar-refractivity contribution >= 4 is 46.9 Å². The lowest BCUT2D eigenvalue weighted by Crippen LogP contribution is -2.30. The minimum atomic E-state index is -0.445. The highest BCUT2D eigenvalue weighted by atomic mass is 32.2. The van der Waals surface area contributed by atoms with E-state index in [1.807, 2.05) is 73.7 Å². The summed E-state index contributed by atoms with van der Waals surface area (Å²) in [5.41, 5.74) is 4.98. The number of aryl methyl sites for hydroxylation is 1. The Morgan fingerprint density at radius 2 is 1.44 bits per heavy atom. The Morgan fingerprint density at radius 3 is 2.10 bits per heavy atom. The van der Waals surface area contributed by atoms with Gasteiger partial charge in [-0.3, -0.25) is 14.4 Å². The molecule has 208 valence electrons. The van der Waals surface area contributed by atoms with E-state index in [1.165, 1.54) is 17.3 Å². The monoisotopic (exact) mass is 563 g/mol. The molecule has 0 spiro atoms. The van der Waals surface area contributed by atoms with Crippen molar-refractivity contribution in [2.75, 3.05) is 16.4 Å². The van der Waals surface area contributed by atoms with Gasteiger partial charge in [-0.2, -0.15) is 0 Å². The third kappa shape index (κ3) is 8.95. The second-order valence-electron chi connectivity index (χ2n) is 9.88. The van der Waals surface area contributed by atoms with Gasteiger partial charge in [-0.1, -0.05) is 74.0 Å². The zero-order valence-electron chi connectivity index (χ0n) is 23.3. The van der Waals surface area contributed by atoms with E-state index in [0.717, 1.165) is 21.7 Å². The largest absolute Gasteiger partial charge is 0.325 e. The van der Waals surface area contributed by atoms with E-state index in [9.17, 15) is 14.4 Å². The molecule has 0 bridgehead atoms. The molecule has 4 aromatic rings. The summed E-state index contributed by atoms with van der Waals surface area (Å²) in [6, 6.07) is 31.5. The Bertz CT molecular complexity index is 1530. The van der Waals surface area contributed by atoms with Gasteiger partial charge < -0.3 is 16.0 Å². The fraction of sp³-hybridized carbons (Fsp3) is 0.147. The smallest absolute Gasteiger partial charge is 0.272 e. The maximum absolute atomic E-state index is 13.2. The molecule has 0 aliphatic carbocycles. The summed E-state index contributed by atoms with van der Waals surface area (Å²) in [4.78, 5) is 39.4. The van der Waals surface area contributed by atoms with Crippen molar-refractivity contribution in [2.24, 2.45) is 0 Å². The van der Waals surface area contributed by atoms with Crippen molar-refractivity contribution in [3.63, 3.8) is 0 Å². The number of hydrogen-bond acceptors (Lipinski definition) is 4. The lowest BCUT2D eigenvalue weighted by atomic mass is 10.0. The predicted octanol–water partition coefficient (Wildman–Crippen LogP) is 7.26. The summed E-state index contributed by atoms with van der Waals surface area (Å²) in [5.74, 6) is -0.219. The minimum Gasteiger partial charge on any atom is -0.325 e. The predicted molar refractivity (Wildman–Crippen MR) is 168 cm³/mol. The number of benzene rings is 4.